The van der Waals surface area contributed by atoms with Crippen molar-refractivity contribution in [2.24, 2.45) is 0 Å². The van der Waals surface area contributed by atoms with Gasteiger partial charge in [0.15, 0.2) is 0 Å². The van der Waals surface area contributed by atoms with Gasteiger partial charge in [-0.05, 0) is 23.0 Å². The Bertz CT molecular complexity index is 354. The highest BCUT2D eigenvalue weighted by Gasteiger charge is 2.19. The zero-order chi connectivity index (χ0) is 12.1. The SMILES string of the molecule is CNCC(O)C(O)c1ccc([N+](=O)[O-])nc1. The summed E-state index contributed by atoms with van der Waals surface area (Å²) in [4.78, 5) is 13.3. The van der Waals surface area contributed by atoms with E-state index < -0.39 is 17.1 Å². The summed E-state index contributed by atoms with van der Waals surface area (Å²) in [6.07, 6.45) is -0.907. The molecule has 7 nitrogen and oxygen atoms in total. The standard InChI is InChI=1S/C9H13N3O4/c1-10-5-7(13)9(14)6-2-3-8(11-4-6)12(15)16/h2-4,7,9-10,13-14H,5H2,1H3. The summed E-state index contributed by atoms with van der Waals surface area (Å²) in [5.41, 5.74) is 0.341. The lowest BCUT2D eigenvalue weighted by molar-refractivity contribution is -0.389. The lowest BCUT2D eigenvalue weighted by atomic mass is 10.1. The van der Waals surface area contributed by atoms with Gasteiger partial charge in [-0.15, -0.1) is 0 Å². The van der Waals surface area contributed by atoms with Crippen LogP contribution in [-0.2, 0) is 0 Å². The summed E-state index contributed by atoms with van der Waals surface area (Å²) in [6.45, 7) is 0.220. The van der Waals surface area contributed by atoms with E-state index in [4.69, 9.17) is 0 Å². The quantitative estimate of drug-likeness (QED) is 0.466. The first-order valence-corrected chi connectivity index (χ1v) is 4.67. The Morgan fingerprint density at radius 3 is 2.69 bits per heavy atom. The number of pyridine rings is 1. The van der Waals surface area contributed by atoms with Gasteiger partial charge in [0.05, 0.1) is 6.10 Å². The molecule has 0 radical (unpaired) electrons. The summed E-state index contributed by atoms with van der Waals surface area (Å²) in [7, 11) is 1.64. The molecule has 0 saturated carbocycles. The van der Waals surface area contributed by atoms with Crippen LogP contribution >= 0.6 is 0 Å². The van der Waals surface area contributed by atoms with Crippen LogP contribution in [0.4, 0.5) is 5.82 Å². The van der Waals surface area contributed by atoms with Crippen molar-refractivity contribution >= 4 is 5.82 Å². The fourth-order valence-electron chi connectivity index (χ4n) is 1.22. The predicted octanol–water partition coefficient (Wildman–Crippen LogP) is -0.397. The number of likely N-dealkylation sites (N-methyl/N-ethyl adjacent to an activating group) is 1. The highest BCUT2D eigenvalue weighted by Crippen LogP contribution is 2.17. The van der Waals surface area contributed by atoms with Crippen molar-refractivity contribution in [2.75, 3.05) is 13.6 Å². The van der Waals surface area contributed by atoms with Crippen molar-refractivity contribution < 1.29 is 15.1 Å². The number of nitrogens with zero attached hydrogens (tertiary/aromatic N) is 2. The Morgan fingerprint density at radius 2 is 2.25 bits per heavy atom. The zero-order valence-corrected chi connectivity index (χ0v) is 8.70. The maximum absolute atomic E-state index is 10.3. The molecule has 0 fully saturated rings. The third kappa shape index (κ3) is 2.96. The molecule has 0 aliphatic heterocycles. The molecule has 2 unspecified atom stereocenters. The second kappa shape index (κ2) is 5.50. The molecule has 2 atom stereocenters. The largest absolute Gasteiger partial charge is 0.389 e. The normalized spacial score (nSPS) is 14.4. The van der Waals surface area contributed by atoms with E-state index in [1.165, 1.54) is 18.3 Å². The first kappa shape index (κ1) is 12.5. The topological polar surface area (TPSA) is 109 Å². The lowest BCUT2D eigenvalue weighted by Crippen LogP contribution is -2.29. The van der Waals surface area contributed by atoms with Gasteiger partial charge >= 0.3 is 5.82 Å². The molecular weight excluding hydrogens is 214 g/mol. The fourth-order valence-corrected chi connectivity index (χ4v) is 1.22. The van der Waals surface area contributed by atoms with Crippen LogP contribution in [0.2, 0.25) is 0 Å². The summed E-state index contributed by atoms with van der Waals surface area (Å²) in [5, 5.41) is 32.2. The first-order chi connectivity index (χ1) is 7.56. The smallest absolute Gasteiger partial charge is 0.363 e. The molecule has 0 aliphatic carbocycles. The van der Waals surface area contributed by atoms with Crippen LogP contribution in [0.25, 0.3) is 0 Å². The van der Waals surface area contributed by atoms with E-state index in [-0.39, 0.29) is 12.4 Å². The minimum absolute atomic E-state index is 0.220. The monoisotopic (exact) mass is 227 g/mol. The van der Waals surface area contributed by atoms with Crippen LogP contribution in [0.1, 0.15) is 11.7 Å². The van der Waals surface area contributed by atoms with Crippen LogP contribution in [0, 0.1) is 10.1 Å². The van der Waals surface area contributed by atoms with Gasteiger partial charge in [0, 0.05) is 18.2 Å². The highest BCUT2D eigenvalue weighted by atomic mass is 16.6. The average molecular weight is 227 g/mol. The highest BCUT2D eigenvalue weighted by molar-refractivity contribution is 5.24. The third-order valence-electron chi connectivity index (χ3n) is 2.08. The number of hydrogen-bond acceptors (Lipinski definition) is 6. The molecule has 0 aliphatic rings. The summed E-state index contributed by atoms with van der Waals surface area (Å²) in [5.74, 6) is -0.293. The summed E-state index contributed by atoms with van der Waals surface area (Å²) < 4.78 is 0. The van der Waals surface area contributed by atoms with Crippen LogP contribution in [0.15, 0.2) is 18.3 Å². The van der Waals surface area contributed by atoms with Gasteiger partial charge in [0.25, 0.3) is 0 Å². The lowest BCUT2D eigenvalue weighted by Gasteiger charge is -2.16. The molecule has 7 heteroatoms. The molecule has 88 valence electrons. The van der Waals surface area contributed by atoms with Gasteiger partial charge in [0.2, 0.25) is 0 Å². The van der Waals surface area contributed by atoms with Crippen molar-refractivity contribution in [1.29, 1.82) is 0 Å². The van der Waals surface area contributed by atoms with Gasteiger partial charge < -0.3 is 25.6 Å². The summed E-state index contributed by atoms with van der Waals surface area (Å²) >= 11 is 0. The number of nitro groups is 1. The molecule has 1 rings (SSSR count). The second-order valence-corrected chi connectivity index (χ2v) is 3.28. The number of aliphatic hydroxyl groups is 2. The van der Waals surface area contributed by atoms with Crippen molar-refractivity contribution in [3.63, 3.8) is 0 Å². The Kier molecular flexibility index (Phi) is 4.29. The van der Waals surface area contributed by atoms with Gasteiger partial charge in [-0.25, -0.2) is 0 Å². The van der Waals surface area contributed by atoms with E-state index in [0.717, 1.165) is 0 Å². The van der Waals surface area contributed by atoms with Crippen LogP contribution < -0.4 is 5.32 Å². The number of rotatable bonds is 5. The maximum Gasteiger partial charge on any atom is 0.363 e. The number of nitrogens with one attached hydrogen (secondary N) is 1. The molecule has 16 heavy (non-hydrogen) atoms. The Morgan fingerprint density at radius 1 is 1.56 bits per heavy atom. The predicted molar refractivity (Wildman–Crippen MR) is 55.8 cm³/mol. The van der Waals surface area contributed by atoms with Crippen molar-refractivity contribution in [3.8, 4) is 0 Å². The molecule has 0 aromatic carbocycles. The van der Waals surface area contributed by atoms with Gasteiger partial charge in [0.1, 0.15) is 12.3 Å². The van der Waals surface area contributed by atoms with Gasteiger partial charge in [-0.3, -0.25) is 0 Å². The van der Waals surface area contributed by atoms with Gasteiger partial charge in [-0.2, -0.15) is 0 Å². The molecule has 1 aromatic heterocycles. The Balaban J connectivity index is 2.77. The Hall–Kier alpha value is -1.57. The minimum Gasteiger partial charge on any atom is -0.389 e. The minimum atomic E-state index is -1.11. The van der Waals surface area contributed by atoms with Crippen molar-refractivity contribution in [2.45, 2.75) is 12.2 Å². The molecule has 0 spiro atoms. The number of hydrogen-bond donors (Lipinski definition) is 3. The summed E-state index contributed by atoms with van der Waals surface area (Å²) in [6, 6.07) is 2.55. The molecular formula is C9H13N3O4. The molecule has 0 saturated heterocycles. The maximum atomic E-state index is 10.3. The van der Waals surface area contributed by atoms with E-state index >= 15 is 0 Å². The average Bonchev–Trinajstić information content (AvgIpc) is 2.28. The van der Waals surface area contributed by atoms with Crippen molar-refractivity contribution in [1.82, 2.24) is 10.3 Å². The molecule has 1 aromatic rings. The number of aliphatic hydroxyl groups excluding tert-OH is 2. The van der Waals surface area contributed by atoms with Gasteiger partial charge in [-0.1, -0.05) is 0 Å². The third-order valence-corrected chi connectivity index (χ3v) is 2.08. The van der Waals surface area contributed by atoms with E-state index in [1.54, 1.807) is 7.05 Å². The molecule has 0 bridgehead atoms. The van der Waals surface area contributed by atoms with Crippen LogP contribution in [0.5, 0.6) is 0 Å². The first-order valence-electron chi connectivity index (χ1n) is 4.67. The van der Waals surface area contributed by atoms with Crippen molar-refractivity contribution in [3.05, 3.63) is 34.0 Å². The fraction of sp³-hybridized carbons (Fsp3) is 0.444. The molecule has 0 amide bonds. The molecule has 1 heterocycles. The number of aromatic nitrogens is 1. The Labute approximate surface area is 91.9 Å². The zero-order valence-electron chi connectivity index (χ0n) is 8.70. The van der Waals surface area contributed by atoms with E-state index in [0.29, 0.717) is 5.56 Å². The molecule has 3 N–H and O–H groups in total. The van der Waals surface area contributed by atoms with E-state index in [1.807, 2.05) is 0 Å². The van der Waals surface area contributed by atoms with Crippen LogP contribution in [0.3, 0.4) is 0 Å². The van der Waals surface area contributed by atoms with Crippen LogP contribution in [-0.4, -0.2) is 39.8 Å². The van der Waals surface area contributed by atoms with E-state index in [2.05, 4.69) is 10.3 Å². The van der Waals surface area contributed by atoms with E-state index in [9.17, 15) is 20.3 Å². The second-order valence-electron chi connectivity index (χ2n) is 3.28.